The normalized spacial score (nSPS) is 14.1. The van der Waals surface area contributed by atoms with Gasteiger partial charge in [-0.15, -0.1) is 0 Å². The smallest absolute Gasteiger partial charge is 0.299 e. The molecule has 0 heterocycles. The van der Waals surface area contributed by atoms with Gasteiger partial charge in [0.1, 0.15) is 0 Å². The lowest BCUT2D eigenvalue weighted by Crippen LogP contribution is -2.64. The molecule has 0 aliphatic carbocycles. The van der Waals surface area contributed by atoms with Gasteiger partial charge >= 0.3 is 0 Å². The second kappa shape index (κ2) is 16.2. The minimum atomic E-state index is -0.238. The molecule has 3 atom stereocenters. The van der Waals surface area contributed by atoms with E-state index in [9.17, 15) is 0 Å². The summed E-state index contributed by atoms with van der Waals surface area (Å²) in [4.78, 5) is 2.30. The Hall–Kier alpha value is -0.500. The number of nitrogens with two attached hydrogens (primary N) is 3. The van der Waals surface area contributed by atoms with Crippen LogP contribution in [0.5, 0.6) is 0 Å². The molecule has 0 saturated heterocycles. The number of rotatable bonds is 15. The molecule has 33 heavy (non-hydrogen) atoms. The number of amidine groups is 1. The standard InChI is InChI=1S/C22H32N4O2S5/c23-21(24)31-11-9-29-13-19(27)15-1-5-17(6-2-15)33-18-7-3-16(4-8-18)20(28)14-30-10-12-32-22(25)26/h1-8,19-21,27-28H,9-14,23-24H2,(H3,25,26)/p+4. The van der Waals surface area contributed by atoms with Crippen LogP contribution >= 0.6 is 58.8 Å². The van der Waals surface area contributed by atoms with Gasteiger partial charge < -0.3 is 15.9 Å². The van der Waals surface area contributed by atoms with E-state index in [0.717, 1.165) is 55.4 Å². The predicted octanol–water partition coefficient (Wildman–Crippen LogP) is 0.860. The van der Waals surface area contributed by atoms with Crippen LogP contribution in [-0.2, 0) is 0 Å². The summed E-state index contributed by atoms with van der Waals surface area (Å²) in [5.74, 6) is 5.31. The molecular weight excluding hydrogens is 513 g/mol. The molecule has 2 aromatic rings. The molecule has 0 amide bonds. The van der Waals surface area contributed by atoms with Crippen molar-refractivity contribution in [3.63, 3.8) is 0 Å². The molecule has 2 aromatic carbocycles. The Morgan fingerprint density at radius 1 is 0.818 bits per heavy atom. The maximum atomic E-state index is 8.37. The molecule has 6 nitrogen and oxygen atoms in total. The van der Waals surface area contributed by atoms with Crippen LogP contribution in [0.25, 0.3) is 0 Å². The lowest BCUT2D eigenvalue weighted by Gasteiger charge is -2.10. The molecule has 0 aliphatic heterocycles. The van der Waals surface area contributed by atoms with Gasteiger partial charge in [0.25, 0.3) is 5.17 Å². The second-order valence-corrected chi connectivity index (χ2v) is 13.1. The quantitative estimate of drug-likeness (QED) is 0.0847. The summed E-state index contributed by atoms with van der Waals surface area (Å²) in [5.41, 5.74) is 16.9. The summed E-state index contributed by atoms with van der Waals surface area (Å²) in [7, 11) is 0. The Kier molecular flexibility index (Phi) is 14.1. The average molecular weight is 549 g/mol. The highest BCUT2D eigenvalue weighted by Crippen LogP contribution is 2.30. The molecule has 11 heteroatoms. The molecular formula is C22H36N4O2S5+4. The van der Waals surface area contributed by atoms with Crippen molar-refractivity contribution in [2.45, 2.75) is 27.5 Å². The first-order valence-electron chi connectivity index (χ1n) is 10.5. The van der Waals surface area contributed by atoms with Crippen LogP contribution in [0.15, 0.2) is 58.3 Å². The zero-order valence-electron chi connectivity index (χ0n) is 18.6. The second-order valence-electron chi connectivity index (χ2n) is 7.16. The molecule has 3 unspecified atom stereocenters. The third-order valence-corrected chi connectivity index (χ3v) is 9.69. The highest BCUT2D eigenvalue weighted by Gasteiger charge is 2.14. The summed E-state index contributed by atoms with van der Waals surface area (Å²) >= 11 is 8.35. The van der Waals surface area contributed by atoms with Gasteiger partial charge in [-0.1, -0.05) is 23.5 Å². The highest BCUT2D eigenvalue weighted by atomic mass is 32.2. The van der Waals surface area contributed by atoms with Gasteiger partial charge in [-0.2, -0.15) is 23.5 Å². The van der Waals surface area contributed by atoms with Crippen molar-refractivity contribution < 1.29 is 21.4 Å². The fourth-order valence-corrected chi connectivity index (χ4v) is 6.95. The molecule has 0 aromatic heterocycles. The lowest BCUT2D eigenvalue weighted by molar-refractivity contribution is -0.383. The Labute approximate surface area is 217 Å². The first kappa shape index (κ1) is 28.7. The van der Waals surface area contributed by atoms with Gasteiger partial charge in [-0.3, -0.25) is 16.9 Å². The summed E-state index contributed by atoms with van der Waals surface area (Å²) in [5, 5.41) is 22.6. The Morgan fingerprint density at radius 2 is 1.27 bits per heavy atom. The maximum Gasteiger partial charge on any atom is 0.299 e. The van der Waals surface area contributed by atoms with Crippen molar-refractivity contribution in [2.24, 2.45) is 11.5 Å². The van der Waals surface area contributed by atoms with Crippen molar-refractivity contribution in [2.75, 3.05) is 34.5 Å². The van der Waals surface area contributed by atoms with Crippen molar-refractivity contribution in [3.05, 3.63) is 59.7 Å². The number of quaternary nitrogens is 1. The monoisotopic (exact) mass is 548 g/mol. The van der Waals surface area contributed by atoms with Crippen molar-refractivity contribution in [3.8, 4) is 0 Å². The molecule has 0 fully saturated rings. The Balaban J connectivity index is 1.75. The number of thioether (sulfide) groups is 4. The van der Waals surface area contributed by atoms with Crippen molar-refractivity contribution in [1.29, 1.82) is 0 Å². The van der Waals surface area contributed by atoms with E-state index < -0.39 is 0 Å². The summed E-state index contributed by atoms with van der Waals surface area (Å²) < 4.78 is 0. The maximum absolute atomic E-state index is 8.37. The van der Waals surface area contributed by atoms with Gasteiger partial charge in [0, 0.05) is 43.9 Å². The van der Waals surface area contributed by atoms with Gasteiger partial charge in [0.2, 0.25) is 0 Å². The van der Waals surface area contributed by atoms with Gasteiger partial charge in [0.15, 0.2) is 17.7 Å². The van der Waals surface area contributed by atoms with E-state index in [-0.39, 0.29) is 17.7 Å². The van der Waals surface area contributed by atoms with E-state index in [1.165, 1.54) is 11.8 Å². The van der Waals surface area contributed by atoms with Gasteiger partial charge in [-0.05, 0) is 60.3 Å². The lowest BCUT2D eigenvalue weighted by atomic mass is 10.1. The minimum absolute atomic E-state index is 0.0680. The van der Waals surface area contributed by atoms with Crippen LogP contribution in [0.3, 0.4) is 0 Å². The molecule has 2 rings (SSSR count). The van der Waals surface area contributed by atoms with E-state index in [1.807, 2.05) is 12.1 Å². The Morgan fingerprint density at radius 3 is 1.70 bits per heavy atom. The van der Waals surface area contributed by atoms with Crippen molar-refractivity contribution >= 4 is 64.0 Å². The largest absolute Gasteiger partial charge is 0.439 e. The minimum Gasteiger partial charge on any atom is -0.439 e. The summed E-state index contributed by atoms with van der Waals surface area (Å²) in [6.45, 7) is 0. The van der Waals surface area contributed by atoms with Crippen LogP contribution in [0.2, 0.25) is 0 Å². The number of benzene rings is 2. The Bertz CT molecular complexity index is 825. The zero-order valence-corrected chi connectivity index (χ0v) is 22.7. The number of hydrogen-bond acceptors (Lipinski definition) is 6. The number of hydrogen-bond donors (Lipinski definition) is 4. The van der Waals surface area contributed by atoms with E-state index in [0.29, 0.717) is 5.17 Å². The highest BCUT2D eigenvalue weighted by molar-refractivity contribution is 8.14. The fraction of sp³-hybridized carbons (Fsp3) is 0.409. The van der Waals surface area contributed by atoms with Gasteiger partial charge in [0.05, 0.1) is 11.5 Å². The fourth-order valence-electron chi connectivity index (χ4n) is 2.74. The van der Waals surface area contributed by atoms with E-state index in [1.54, 1.807) is 47.0 Å². The molecule has 0 aliphatic rings. The van der Waals surface area contributed by atoms with E-state index in [2.05, 4.69) is 42.1 Å². The third-order valence-electron chi connectivity index (χ3n) is 4.43. The van der Waals surface area contributed by atoms with Crippen LogP contribution in [-0.4, -0.2) is 55.4 Å². The van der Waals surface area contributed by atoms with Crippen LogP contribution in [0, 0.1) is 0 Å². The first-order valence-corrected chi connectivity index (χ1v) is 15.7. The average Bonchev–Trinajstić information content (AvgIpc) is 2.79. The van der Waals surface area contributed by atoms with E-state index in [4.69, 9.17) is 27.1 Å². The molecule has 0 saturated carbocycles. The predicted molar refractivity (Wildman–Crippen MR) is 151 cm³/mol. The van der Waals surface area contributed by atoms with Crippen LogP contribution in [0.4, 0.5) is 0 Å². The van der Waals surface area contributed by atoms with Crippen molar-refractivity contribution in [1.82, 2.24) is 0 Å². The molecule has 0 bridgehead atoms. The van der Waals surface area contributed by atoms with E-state index >= 15 is 0 Å². The van der Waals surface area contributed by atoms with Crippen LogP contribution in [0.1, 0.15) is 23.3 Å². The summed E-state index contributed by atoms with van der Waals surface area (Å²) in [6, 6.07) is 16.6. The molecule has 0 radical (unpaired) electrons. The molecule has 182 valence electrons. The van der Waals surface area contributed by atoms with Crippen LogP contribution < -0.4 is 22.6 Å². The molecule has 0 spiro atoms. The van der Waals surface area contributed by atoms with Gasteiger partial charge in [-0.25, -0.2) is 0 Å². The third kappa shape index (κ3) is 12.1. The zero-order chi connectivity index (χ0) is 24.1. The summed E-state index contributed by atoms with van der Waals surface area (Å²) in [6.07, 6.45) is -0.457. The first-order chi connectivity index (χ1) is 15.8. The SMILES string of the molecule is NC(=[NH2+])SCCSCC([OH2+])c1ccc(Sc2ccc(C([OH2+])CSCCSC(N)[NH3+])cc2)cc1. The molecule has 13 N–H and O–H groups in total. The topological polar surface area (TPSA) is 151 Å².